The maximum atomic E-state index is 12.8. The number of carbonyl (C=O) groups is 1. The Kier molecular flexibility index (Phi) is 5.06. The van der Waals surface area contributed by atoms with E-state index >= 15 is 0 Å². The van der Waals surface area contributed by atoms with E-state index in [1.165, 1.54) is 6.07 Å². The Bertz CT molecular complexity index is 731. The van der Waals surface area contributed by atoms with Crippen molar-refractivity contribution in [2.24, 2.45) is 0 Å². The molecular weight excluding hydrogens is 329 g/mol. The van der Waals surface area contributed by atoms with Crippen LogP contribution in [-0.4, -0.2) is 22.3 Å². The van der Waals surface area contributed by atoms with E-state index in [1.807, 2.05) is 18.2 Å². The Balaban J connectivity index is 1.77. The molecule has 2 heterocycles. The quantitative estimate of drug-likeness (QED) is 0.824. The minimum absolute atomic E-state index is 0.0345. The van der Waals surface area contributed by atoms with Gasteiger partial charge in [-0.2, -0.15) is 13.2 Å². The minimum atomic E-state index is -4.40. The van der Waals surface area contributed by atoms with Crippen molar-refractivity contribution in [1.82, 2.24) is 9.88 Å². The Labute approximate surface area is 144 Å². The van der Waals surface area contributed by atoms with Crippen LogP contribution in [0.4, 0.5) is 13.2 Å². The van der Waals surface area contributed by atoms with Crippen LogP contribution in [0.2, 0.25) is 0 Å². The average Bonchev–Trinajstić information content (AvgIpc) is 2.62. The van der Waals surface area contributed by atoms with Gasteiger partial charge in [-0.3, -0.25) is 9.78 Å². The van der Waals surface area contributed by atoms with E-state index in [1.54, 1.807) is 17.2 Å². The molecule has 1 aliphatic rings. The monoisotopic (exact) mass is 348 g/mol. The van der Waals surface area contributed by atoms with Gasteiger partial charge in [0, 0.05) is 12.7 Å². The van der Waals surface area contributed by atoms with Gasteiger partial charge in [0.2, 0.25) is 5.91 Å². The number of alkyl halides is 3. The summed E-state index contributed by atoms with van der Waals surface area (Å²) in [6.45, 7) is 0.610. The van der Waals surface area contributed by atoms with Crippen molar-refractivity contribution in [3.05, 3.63) is 65.5 Å². The van der Waals surface area contributed by atoms with E-state index in [4.69, 9.17) is 0 Å². The molecule has 2 aromatic rings. The highest BCUT2D eigenvalue weighted by Crippen LogP contribution is 2.32. The van der Waals surface area contributed by atoms with Crippen molar-refractivity contribution in [3.63, 3.8) is 0 Å². The number of amides is 1. The number of carbonyl (C=O) groups excluding carboxylic acids is 1. The molecule has 1 aliphatic heterocycles. The van der Waals surface area contributed by atoms with Gasteiger partial charge in [-0.25, -0.2) is 0 Å². The summed E-state index contributed by atoms with van der Waals surface area (Å²) in [6.07, 6.45) is -0.00901. The molecule has 1 saturated heterocycles. The first-order valence-electron chi connectivity index (χ1n) is 8.31. The van der Waals surface area contributed by atoms with Crippen molar-refractivity contribution in [1.29, 1.82) is 0 Å². The minimum Gasteiger partial charge on any atom is -0.334 e. The van der Waals surface area contributed by atoms with E-state index in [-0.39, 0.29) is 18.4 Å². The van der Waals surface area contributed by atoms with E-state index in [9.17, 15) is 18.0 Å². The molecule has 0 radical (unpaired) electrons. The first-order chi connectivity index (χ1) is 11.9. The second kappa shape index (κ2) is 7.25. The van der Waals surface area contributed by atoms with Gasteiger partial charge in [-0.05, 0) is 43.0 Å². The summed E-state index contributed by atoms with van der Waals surface area (Å²) in [5.41, 5.74) is 0.488. The lowest BCUT2D eigenvalue weighted by molar-refractivity contribution is -0.138. The van der Waals surface area contributed by atoms with Crippen molar-refractivity contribution >= 4 is 5.91 Å². The van der Waals surface area contributed by atoms with Crippen LogP contribution in [0.15, 0.2) is 48.7 Å². The third kappa shape index (κ3) is 4.18. The van der Waals surface area contributed by atoms with Gasteiger partial charge in [0.25, 0.3) is 0 Å². The van der Waals surface area contributed by atoms with Crippen molar-refractivity contribution in [2.45, 2.75) is 37.9 Å². The van der Waals surface area contributed by atoms with Crippen LogP contribution >= 0.6 is 0 Å². The number of pyridine rings is 1. The van der Waals surface area contributed by atoms with E-state index in [0.29, 0.717) is 12.1 Å². The number of nitrogens with zero attached hydrogens (tertiary/aromatic N) is 2. The lowest BCUT2D eigenvalue weighted by atomic mass is 9.97. The lowest BCUT2D eigenvalue weighted by Gasteiger charge is -2.35. The summed E-state index contributed by atoms with van der Waals surface area (Å²) >= 11 is 0. The molecule has 1 aromatic carbocycles. The molecule has 3 rings (SSSR count). The Hall–Kier alpha value is -2.37. The smallest absolute Gasteiger partial charge is 0.334 e. The second-order valence-corrected chi connectivity index (χ2v) is 6.23. The Morgan fingerprint density at radius 3 is 2.72 bits per heavy atom. The molecule has 3 nitrogen and oxygen atoms in total. The lowest BCUT2D eigenvalue weighted by Crippen LogP contribution is -2.39. The summed E-state index contributed by atoms with van der Waals surface area (Å²) in [4.78, 5) is 18.8. The first-order valence-corrected chi connectivity index (χ1v) is 8.31. The van der Waals surface area contributed by atoms with E-state index < -0.39 is 11.7 Å². The van der Waals surface area contributed by atoms with Crippen LogP contribution in [0.5, 0.6) is 0 Å². The van der Waals surface area contributed by atoms with Crippen molar-refractivity contribution < 1.29 is 18.0 Å². The normalized spacial score (nSPS) is 18.2. The zero-order valence-electron chi connectivity index (χ0n) is 13.7. The van der Waals surface area contributed by atoms with Crippen molar-refractivity contribution in [3.8, 4) is 0 Å². The second-order valence-electron chi connectivity index (χ2n) is 6.23. The highest BCUT2D eigenvalue weighted by atomic mass is 19.4. The van der Waals surface area contributed by atoms with Gasteiger partial charge in [-0.1, -0.05) is 24.3 Å². The Morgan fingerprint density at radius 2 is 2.00 bits per heavy atom. The molecular formula is C19H19F3N2O. The third-order valence-corrected chi connectivity index (χ3v) is 4.46. The zero-order valence-corrected chi connectivity index (χ0v) is 13.7. The molecule has 1 atom stereocenters. The fourth-order valence-corrected chi connectivity index (χ4v) is 3.24. The number of benzene rings is 1. The number of piperidine rings is 1. The fourth-order valence-electron chi connectivity index (χ4n) is 3.24. The van der Waals surface area contributed by atoms with Gasteiger partial charge in [0.1, 0.15) is 0 Å². The van der Waals surface area contributed by atoms with E-state index in [0.717, 1.165) is 37.1 Å². The largest absolute Gasteiger partial charge is 0.416 e. The summed E-state index contributed by atoms with van der Waals surface area (Å²) in [5.74, 6) is -0.158. The van der Waals surface area contributed by atoms with Gasteiger partial charge < -0.3 is 4.90 Å². The average molecular weight is 348 g/mol. The third-order valence-electron chi connectivity index (χ3n) is 4.46. The molecule has 0 bridgehead atoms. The maximum Gasteiger partial charge on any atom is 0.416 e. The molecule has 0 N–H and O–H groups in total. The molecule has 1 aromatic heterocycles. The first kappa shape index (κ1) is 17.5. The number of likely N-dealkylation sites (tertiary alicyclic amines) is 1. The summed E-state index contributed by atoms with van der Waals surface area (Å²) in [6, 6.07) is 10.5. The zero-order chi connectivity index (χ0) is 17.9. The molecule has 0 unspecified atom stereocenters. The molecule has 6 heteroatoms. The fraction of sp³-hybridized carbons (Fsp3) is 0.368. The number of hydrogen-bond acceptors (Lipinski definition) is 2. The molecule has 0 spiro atoms. The van der Waals surface area contributed by atoms with Crippen LogP contribution in [0.3, 0.4) is 0 Å². The molecule has 1 amide bonds. The molecule has 1 fully saturated rings. The number of halogens is 3. The van der Waals surface area contributed by atoms with Crippen LogP contribution in [-0.2, 0) is 17.4 Å². The predicted molar refractivity (Wildman–Crippen MR) is 87.7 cm³/mol. The Morgan fingerprint density at radius 1 is 1.16 bits per heavy atom. The van der Waals surface area contributed by atoms with E-state index in [2.05, 4.69) is 4.98 Å². The van der Waals surface area contributed by atoms with Crippen LogP contribution in [0.1, 0.15) is 42.1 Å². The van der Waals surface area contributed by atoms with Gasteiger partial charge >= 0.3 is 6.18 Å². The van der Waals surface area contributed by atoms with Gasteiger partial charge in [0.05, 0.1) is 23.7 Å². The summed E-state index contributed by atoms with van der Waals surface area (Å²) in [7, 11) is 0. The summed E-state index contributed by atoms with van der Waals surface area (Å²) < 4.78 is 38.5. The van der Waals surface area contributed by atoms with Crippen LogP contribution in [0, 0.1) is 0 Å². The highest BCUT2D eigenvalue weighted by molar-refractivity contribution is 5.79. The number of aromatic nitrogens is 1. The molecule has 0 aliphatic carbocycles. The molecule has 0 saturated carbocycles. The maximum absolute atomic E-state index is 12.8. The predicted octanol–water partition coefficient (Wildman–Crippen LogP) is 4.40. The van der Waals surface area contributed by atoms with Gasteiger partial charge in [0.15, 0.2) is 0 Å². The number of hydrogen-bond donors (Lipinski definition) is 0. The van der Waals surface area contributed by atoms with Crippen molar-refractivity contribution in [2.75, 3.05) is 6.54 Å². The molecule has 132 valence electrons. The number of rotatable bonds is 3. The highest BCUT2D eigenvalue weighted by Gasteiger charge is 2.31. The topological polar surface area (TPSA) is 33.2 Å². The standard InChI is InChI=1S/C19H19F3N2O/c20-19(21,22)15-7-5-6-14(12-15)13-18(25)24-11-4-2-9-17(24)16-8-1-3-10-23-16/h1,3,5-8,10,12,17H,2,4,9,11,13H2/t17-/m0/s1. The summed E-state index contributed by atoms with van der Waals surface area (Å²) in [5, 5.41) is 0. The van der Waals surface area contributed by atoms with Crippen LogP contribution in [0.25, 0.3) is 0 Å². The molecule has 25 heavy (non-hydrogen) atoms. The van der Waals surface area contributed by atoms with Gasteiger partial charge in [-0.15, -0.1) is 0 Å². The SMILES string of the molecule is O=C(Cc1cccc(C(F)(F)F)c1)N1CCCC[C@H]1c1ccccn1. The van der Waals surface area contributed by atoms with Crippen LogP contribution < -0.4 is 0 Å².